The van der Waals surface area contributed by atoms with Crippen LogP contribution >= 0.6 is 22.7 Å². The van der Waals surface area contributed by atoms with Crippen molar-refractivity contribution < 1.29 is 4.79 Å². The van der Waals surface area contributed by atoms with E-state index in [-0.39, 0.29) is 30.0 Å². The SMILES string of the molecule is Cc1ccc(-c2csc3ncn(CC(=O)NC(c4cccs4)C(C)C)c(=O)c23)cc1. The molecule has 4 aromatic rings. The van der Waals surface area contributed by atoms with E-state index < -0.39 is 0 Å². The molecule has 7 heteroatoms. The van der Waals surface area contributed by atoms with Gasteiger partial charge in [-0.2, -0.15) is 0 Å². The standard InChI is InChI=1S/C23H23N3O2S2/c1-14(2)21(18-5-4-10-29-18)25-19(27)11-26-13-24-22-20(23(26)28)17(12-30-22)16-8-6-15(3)7-9-16/h4-10,12-14,21H,11H2,1-3H3,(H,25,27). The summed E-state index contributed by atoms with van der Waals surface area (Å²) in [6, 6.07) is 12.0. The van der Waals surface area contributed by atoms with Crippen LogP contribution in [0.15, 0.2) is 58.3 Å². The van der Waals surface area contributed by atoms with E-state index in [1.54, 1.807) is 11.3 Å². The molecule has 1 aromatic carbocycles. The topological polar surface area (TPSA) is 64.0 Å². The van der Waals surface area contributed by atoms with E-state index in [2.05, 4.69) is 24.1 Å². The largest absolute Gasteiger partial charge is 0.347 e. The number of aryl methyl sites for hydroxylation is 1. The number of fused-ring (bicyclic) bond motifs is 1. The molecule has 1 atom stereocenters. The number of rotatable bonds is 6. The fraction of sp³-hybridized carbons (Fsp3) is 0.261. The molecular formula is C23H23N3O2S2. The third-order valence-electron chi connectivity index (χ3n) is 5.07. The first kappa shape index (κ1) is 20.5. The van der Waals surface area contributed by atoms with Gasteiger partial charge in [-0.05, 0) is 29.9 Å². The van der Waals surface area contributed by atoms with Crippen LogP contribution in [0.1, 0.15) is 30.3 Å². The van der Waals surface area contributed by atoms with Gasteiger partial charge in [0.2, 0.25) is 5.91 Å². The van der Waals surface area contributed by atoms with Crippen LogP contribution in [-0.2, 0) is 11.3 Å². The zero-order valence-corrected chi connectivity index (χ0v) is 18.7. The Hall–Kier alpha value is -2.77. The van der Waals surface area contributed by atoms with Crippen molar-refractivity contribution in [3.63, 3.8) is 0 Å². The van der Waals surface area contributed by atoms with E-state index in [0.717, 1.165) is 21.6 Å². The van der Waals surface area contributed by atoms with Crippen LogP contribution in [0.2, 0.25) is 0 Å². The molecule has 0 fully saturated rings. The Morgan fingerprint density at radius 3 is 2.60 bits per heavy atom. The summed E-state index contributed by atoms with van der Waals surface area (Å²) >= 11 is 3.06. The molecule has 0 aliphatic carbocycles. The first-order valence-electron chi connectivity index (χ1n) is 9.80. The van der Waals surface area contributed by atoms with Crippen LogP contribution in [0.5, 0.6) is 0 Å². The number of nitrogens with zero attached hydrogens (tertiary/aromatic N) is 2. The summed E-state index contributed by atoms with van der Waals surface area (Å²) in [6.07, 6.45) is 1.47. The Morgan fingerprint density at radius 1 is 1.17 bits per heavy atom. The highest BCUT2D eigenvalue weighted by atomic mass is 32.1. The number of aromatic nitrogens is 2. The van der Waals surface area contributed by atoms with Crippen molar-refractivity contribution in [1.82, 2.24) is 14.9 Å². The second-order valence-corrected chi connectivity index (χ2v) is 9.52. The molecule has 0 saturated carbocycles. The van der Waals surface area contributed by atoms with Gasteiger partial charge < -0.3 is 5.32 Å². The van der Waals surface area contributed by atoms with E-state index in [1.165, 1.54) is 22.2 Å². The predicted molar refractivity (Wildman–Crippen MR) is 124 cm³/mol. The lowest BCUT2D eigenvalue weighted by atomic mass is 10.0. The van der Waals surface area contributed by atoms with Gasteiger partial charge in [0.15, 0.2) is 0 Å². The number of carbonyl (C=O) groups is 1. The molecule has 0 radical (unpaired) electrons. The molecule has 0 saturated heterocycles. The highest BCUT2D eigenvalue weighted by Gasteiger charge is 2.20. The maximum atomic E-state index is 13.2. The van der Waals surface area contributed by atoms with Crippen molar-refractivity contribution in [3.05, 3.63) is 74.3 Å². The van der Waals surface area contributed by atoms with Gasteiger partial charge in [0.25, 0.3) is 5.56 Å². The van der Waals surface area contributed by atoms with Crippen LogP contribution in [0.25, 0.3) is 21.3 Å². The van der Waals surface area contributed by atoms with E-state index in [0.29, 0.717) is 10.2 Å². The van der Waals surface area contributed by atoms with Gasteiger partial charge in [0, 0.05) is 15.8 Å². The Morgan fingerprint density at radius 2 is 1.93 bits per heavy atom. The van der Waals surface area contributed by atoms with Gasteiger partial charge in [0.05, 0.1) is 17.8 Å². The number of hydrogen-bond acceptors (Lipinski definition) is 5. The summed E-state index contributed by atoms with van der Waals surface area (Å²) in [5.74, 6) is 0.0485. The molecule has 154 valence electrons. The van der Waals surface area contributed by atoms with Crippen molar-refractivity contribution in [2.24, 2.45) is 5.92 Å². The van der Waals surface area contributed by atoms with E-state index >= 15 is 0 Å². The first-order chi connectivity index (χ1) is 14.4. The maximum Gasteiger partial charge on any atom is 0.263 e. The van der Waals surface area contributed by atoms with Crippen molar-refractivity contribution in [1.29, 1.82) is 0 Å². The fourth-order valence-corrected chi connectivity index (χ4v) is 5.29. The van der Waals surface area contributed by atoms with Gasteiger partial charge in [-0.1, -0.05) is 49.7 Å². The minimum Gasteiger partial charge on any atom is -0.347 e. The minimum absolute atomic E-state index is 0.0560. The summed E-state index contributed by atoms with van der Waals surface area (Å²) < 4.78 is 1.40. The third-order valence-corrected chi connectivity index (χ3v) is 6.91. The first-order valence-corrected chi connectivity index (χ1v) is 11.6. The lowest BCUT2D eigenvalue weighted by molar-refractivity contribution is -0.122. The number of amides is 1. The number of benzene rings is 1. The van der Waals surface area contributed by atoms with Crippen molar-refractivity contribution in [3.8, 4) is 11.1 Å². The highest BCUT2D eigenvalue weighted by Crippen LogP contribution is 2.30. The van der Waals surface area contributed by atoms with Crippen molar-refractivity contribution in [2.45, 2.75) is 33.4 Å². The van der Waals surface area contributed by atoms with Gasteiger partial charge >= 0.3 is 0 Å². The summed E-state index contributed by atoms with van der Waals surface area (Å²) in [5.41, 5.74) is 2.81. The molecule has 0 aliphatic heterocycles. The van der Waals surface area contributed by atoms with Gasteiger partial charge in [-0.3, -0.25) is 14.2 Å². The molecule has 0 bridgehead atoms. The average molecular weight is 438 g/mol. The Kier molecular flexibility index (Phi) is 5.83. The second-order valence-electron chi connectivity index (χ2n) is 7.68. The molecule has 4 rings (SSSR count). The van der Waals surface area contributed by atoms with Gasteiger partial charge in [-0.15, -0.1) is 22.7 Å². The molecule has 5 nitrogen and oxygen atoms in total. The number of hydrogen-bond donors (Lipinski definition) is 1. The normalized spacial score (nSPS) is 12.4. The van der Waals surface area contributed by atoms with E-state index in [4.69, 9.17) is 0 Å². The average Bonchev–Trinajstić information content (AvgIpc) is 3.39. The van der Waals surface area contributed by atoms with Crippen molar-refractivity contribution in [2.75, 3.05) is 0 Å². The fourth-order valence-electron chi connectivity index (χ4n) is 3.43. The van der Waals surface area contributed by atoms with Crippen LogP contribution in [0, 0.1) is 12.8 Å². The Labute approximate surface area is 183 Å². The lowest BCUT2D eigenvalue weighted by Gasteiger charge is -2.21. The summed E-state index contributed by atoms with van der Waals surface area (Å²) in [5, 5.41) is 7.60. The molecule has 1 N–H and O–H groups in total. The Bertz CT molecular complexity index is 1220. The quantitative estimate of drug-likeness (QED) is 0.461. The van der Waals surface area contributed by atoms with Crippen LogP contribution < -0.4 is 10.9 Å². The minimum atomic E-state index is -0.197. The number of nitrogens with one attached hydrogen (secondary N) is 1. The van der Waals surface area contributed by atoms with Crippen LogP contribution in [0.3, 0.4) is 0 Å². The second kappa shape index (κ2) is 8.53. The third kappa shape index (κ3) is 4.08. The molecular weight excluding hydrogens is 414 g/mol. The zero-order chi connectivity index (χ0) is 21.3. The van der Waals surface area contributed by atoms with E-state index in [9.17, 15) is 9.59 Å². The van der Waals surface area contributed by atoms with Crippen LogP contribution in [-0.4, -0.2) is 15.5 Å². The predicted octanol–water partition coefficient (Wildman–Crippen LogP) is 5.01. The summed E-state index contributed by atoms with van der Waals surface area (Å²) in [4.78, 5) is 32.2. The van der Waals surface area contributed by atoms with Gasteiger partial charge in [-0.25, -0.2) is 4.98 Å². The number of carbonyl (C=O) groups excluding carboxylic acids is 1. The Balaban J connectivity index is 1.62. The monoisotopic (exact) mass is 437 g/mol. The molecule has 30 heavy (non-hydrogen) atoms. The number of thiophene rings is 2. The van der Waals surface area contributed by atoms with E-state index in [1.807, 2.05) is 54.1 Å². The smallest absolute Gasteiger partial charge is 0.263 e. The zero-order valence-electron chi connectivity index (χ0n) is 17.1. The van der Waals surface area contributed by atoms with Crippen molar-refractivity contribution >= 4 is 38.8 Å². The lowest BCUT2D eigenvalue weighted by Crippen LogP contribution is -2.36. The van der Waals surface area contributed by atoms with Gasteiger partial charge in [0.1, 0.15) is 11.4 Å². The summed E-state index contributed by atoms with van der Waals surface area (Å²) in [6.45, 7) is 6.12. The molecule has 0 aliphatic rings. The maximum absolute atomic E-state index is 13.2. The molecule has 1 unspecified atom stereocenters. The van der Waals surface area contributed by atoms with Crippen LogP contribution in [0.4, 0.5) is 0 Å². The molecule has 3 heterocycles. The highest BCUT2D eigenvalue weighted by molar-refractivity contribution is 7.17. The summed E-state index contributed by atoms with van der Waals surface area (Å²) in [7, 11) is 0. The molecule has 0 spiro atoms. The molecule has 3 aromatic heterocycles. The molecule has 1 amide bonds.